The molecule has 0 aliphatic rings. The van der Waals surface area contributed by atoms with Crippen molar-refractivity contribution >= 4 is 13.3 Å². The smallest absolute Gasteiger partial charge is 0.358 e. The Balaban J connectivity index is -0.000000151. The zero-order chi connectivity index (χ0) is 8.32. The fourth-order valence-electron chi connectivity index (χ4n) is 1.30. The Hall–Kier alpha value is -0.00481. The molecule has 0 saturated heterocycles. The molecule has 0 spiro atoms. The SMILES string of the molecule is C=CC[Si](C)(C)[c-]1cccc1.[CH3-].[CH3-].[CH3-].[Pt+4]. The van der Waals surface area contributed by atoms with Gasteiger partial charge in [0.2, 0.25) is 0 Å². The molecule has 0 saturated carbocycles. The van der Waals surface area contributed by atoms with Gasteiger partial charge in [0.15, 0.2) is 0 Å². The van der Waals surface area contributed by atoms with Crippen molar-refractivity contribution < 1.29 is 21.1 Å². The zero-order valence-corrected chi connectivity index (χ0v) is 13.9. The summed E-state index contributed by atoms with van der Waals surface area (Å²) in [5, 5.41) is 1.54. The van der Waals surface area contributed by atoms with Crippen LogP contribution >= 0.6 is 0 Å². The number of hydrogen-bond acceptors (Lipinski definition) is 0. The second-order valence-corrected chi connectivity index (χ2v) is 8.30. The maximum atomic E-state index is 3.79. The van der Waals surface area contributed by atoms with Gasteiger partial charge in [0, 0.05) is 8.07 Å². The van der Waals surface area contributed by atoms with Crippen LogP contribution in [0.25, 0.3) is 0 Å². The van der Waals surface area contributed by atoms with Gasteiger partial charge in [-0.1, -0.05) is 19.2 Å². The Bertz CT molecular complexity index is 225. The molecule has 0 nitrogen and oxygen atoms in total. The molecule has 0 aromatic heterocycles. The molecule has 1 rings (SSSR count). The van der Waals surface area contributed by atoms with E-state index in [0.717, 1.165) is 0 Å². The van der Waals surface area contributed by atoms with Crippen molar-refractivity contribution in [3.63, 3.8) is 0 Å². The summed E-state index contributed by atoms with van der Waals surface area (Å²) >= 11 is 0. The van der Waals surface area contributed by atoms with Crippen LogP contribution in [0.4, 0.5) is 0 Å². The second kappa shape index (κ2) is 10.5. The van der Waals surface area contributed by atoms with E-state index in [4.69, 9.17) is 0 Å². The third-order valence-corrected chi connectivity index (χ3v) is 5.30. The monoisotopic (exact) mass is 403 g/mol. The van der Waals surface area contributed by atoms with Crippen molar-refractivity contribution in [1.82, 2.24) is 0 Å². The summed E-state index contributed by atoms with van der Waals surface area (Å²) in [4.78, 5) is 0. The van der Waals surface area contributed by atoms with E-state index >= 15 is 0 Å². The van der Waals surface area contributed by atoms with Crippen molar-refractivity contribution in [3.8, 4) is 0 Å². The van der Waals surface area contributed by atoms with E-state index < -0.39 is 8.07 Å². The Morgan fingerprint density at radius 1 is 1.13 bits per heavy atom. The molecule has 0 unspecified atom stereocenters. The van der Waals surface area contributed by atoms with Crippen LogP contribution < -0.4 is 5.19 Å². The van der Waals surface area contributed by atoms with Crippen LogP contribution in [-0.2, 0) is 21.1 Å². The van der Waals surface area contributed by atoms with Gasteiger partial charge < -0.3 is 22.3 Å². The summed E-state index contributed by atoms with van der Waals surface area (Å²) in [5.74, 6) is 0. The van der Waals surface area contributed by atoms with Gasteiger partial charge in [0.25, 0.3) is 0 Å². The molecule has 90 valence electrons. The van der Waals surface area contributed by atoms with E-state index in [2.05, 4.69) is 43.9 Å². The number of rotatable bonds is 3. The molecule has 0 fully saturated rings. The first-order valence-electron chi connectivity index (χ1n) is 4.00. The first kappa shape index (κ1) is 24.3. The van der Waals surface area contributed by atoms with Crippen LogP contribution in [0.1, 0.15) is 0 Å². The van der Waals surface area contributed by atoms with Gasteiger partial charge in [-0.15, -0.1) is 6.58 Å². The maximum absolute atomic E-state index is 3.79. The number of allylic oxidation sites excluding steroid dienone is 1. The molecule has 0 bridgehead atoms. The van der Waals surface area contributed by atoms with E-state index in [1.54, 1.807) is 0 Å². The predicted molar refractivity (Wildman–Crippen MR) is 73.4 cm³/mol. The number of hydrogen-bond donors (Lipinski definition) is 0. The average molecular weight is 403 g/mol. The van der Waals surface area contributed by atoms with E-state index in [0.29, 0.717) is 0 Å². The van der Waals surface area contributed by atoms with Crippen molar-refractivity contribution in [2.24, 2.45) is 0 Å². The summed E-state index contributed by atoms with van der Waals surface area (Å²) in [6.07, 6.45) is 2.04. The molecule has 0 radical (unpaired) electrons. The van der Waals surface area contributed by atoms with Gasteiger partial charge in [-0.05, 0) is 6.04 Å². The molecule has 0 aliphatic carbocycles. The van der Waals surface area contributed by atoms with Gasteiger partial charge in [-0.3, -0.25) is 0 Å². The van der Waals surface area contributed by atoms with Crippen molar-refractivity contribution in [3.05, 3.63) is 59.2 Å². The first-order chi connectivity index (χ1) is 5.17. The van der Waals surface area contributed by atoms with Crippen LogP contribution in [0.3, 0.4) is 0 Å². The third-order valence-electron chi connectivity index (χ3n) is 2.10. The van der Waals surface area contributed by atoms with Crippen LogP contribution in [-0.4, -0.2) is 8.07 Å². The first-order valence-corrected chi connectivity index (χ1v) is 7.20. The Morgan fingerprint density at radius 2 is 1.53 bits per heavy atom. The molecular weight excluding hydrogens is 379 g/mol. The van der Waals surface area contributed by atoms with E-state index in [9.17, 15) is 0 Å². The summed E-state index contributed by atoms with van der Waals surface area (Å²) in [7, 11) is -1.15. The second-order valence-electron chi connectivity index (χ2n) is 3.55. The molecule has 1 aromatic rings. The maximum Gasteiger partial charge on any atom is 4.00 e. The van der Waals surface area contributed by atoms with Crippen molar-refractivity contribution in [1.29, 1.82) is 0 Å². The minimum atomic E-state index is -1.15. The normalized spacial score (nSPS) is 8.40. The molecular formula is C13H24PtSi. The van der Waals surface area contributed by atoms with Gasteiger partial charge in [0.1, 0.15) is 0 Å². The average Bonchev–Trinajstić information content (AvgIpc) is 2.37. The predicted octanol–water partition coefficient (Wildman–Crippen LogP) is 3.86. The van der Waals surface area contributed by atoms with Crippen LogP contribution in [0.2, 0.25) is 19.1 Å². The largest absolute Gasteiger partial charge is 4.00 e. The van der Waals surface area contributed by atoms with Crippen LogP contribution in [0, 0.1) is 22.3 Å². The van der Waals surface area contributed by atoms with Crippen LogP contribution in [0.15, 0.2) is 36.9 Å². The van der Waals surface area contributed by atoms with E-state index in [1.165, 1.54) is 11.2 Å². The van der Waals surface area contributed by atoms with Crippen molar-refractivity contribution in [2.45, 2.75) is 19.1 Å². The standard InChI is InChI=1S/C10H15Si.3CH3.Pt/c1-4-9-11(2,3)10-7-5-6-8-10;;;;/h4-8H,1,9H2,2-3H3;3*1H3;/q4*-1;+4. The summed E-state index contributed by atoms with van der Waals surface area (Å²) in [6.45, 7) is 8.55. The molecule has 0 N–H and O–H groups in total. The zero-order valence-electron chi connectivity index (χ0n) is 10.6. The Labute approximate surface area is 112 Å². The van der Waals surface area contributed by atoms with Gasteiger partial charge in [-0.25, -0.2) is 12.1 Å². The minimum absolute atomic E-state index is 0. The minimum Gasteiger partial charge on any atom is -0.358 e. The van der Waals surface area contributed by atoms with Crippen molar-refractivity contribution in [2.75, 3.05) is 0 Å². The van der Waals surface area contributed by atoms with E-state index in [1.807, 2.05) is 6.08 Å². The molecule has 0 atom stereocenters. The molecule has 0 amide bonds. The summed E-state index contributed by atoms with van der Waals surface area (Å²) in [5.41, 5.74) is 0. The van der Waals surface area contributed by atoms with Gasteiger partial charge in [-0.2, -0.15) is 17.3 Å². The quantitative estimate of drug-likeness (QED) is 0.409. The fraction of sp³-hybridized carbons (Fsp3) is 0.231. The third kappa shape index (κ3) is 6.97. The van der Waals surface area contributed by atoms with Gasteiger partial charge in [0.05, 0.1) is 0 Å². The summed E-state index contributed by atoms with van der Waals surface area (Å²) < 4.78 is 0. The van der Waals surface area contributed by atoms with E-state index in [-0.39, 0.29) is 43.3 Å². The topological polar surface area (TPSA) is 0 Å². The Morgan fingerprint density at radius 3 is 1.87 bits per heavy atom. The molecule has 1 aromatic carbocycles. The fourth-order valence-corrected chi connectivity index (χ4v) is 3.36. The Kier molecular flexibility index (Phi) is 17.0. The molecule has 2 heteroatoms. The molecule has 0 aliphatic heterocycles. The molecule has 0 heterocycles. The van der Waals surface area contributed by atoms with Crippen LogP contribution in [0.5, 0.6) is 0 Å². The molecule has 15 heavy (non-hydrogen) atoms. The summed E-state index contributed by atoms with van der Waals surface area (Å²) in [6, 6.07) is 9.88. The van der Waals surface area contributed by atoms with Gasteiger partial charge >= 0.3 is 21.1 Å².